The lowest BCUT2D eigenvalue weighted by molar-refractivity contribution is -0.129. The molecule has 4 N–H and O–H groups in total. The van der Waals surface area contributed by atoms with Gasteiger partial charge >= 0.3 is 6.03 Å². The zero-order chi connectivity index (χ0) is 22.4. The summed E-state index contributed by atoms with van der Waals surface area (Å²) in [6.07, 6.45) is 3.78. The van der Waals surface area contributed by atoms with Crippen LogP contribution in [0.3, 0.4) is 0 Å². The summed E-state index contributed by atoms with van der Waals surface area (Å²) in [6.45, 7) is 4.38. The normalized spacial score (nSPS) is 23.2. The molecule has 2 fully saturated rings. The van der Waals surface area contributed by atoms with Crippen LogP contribution in [0.2, 0.25) is 0 Å². The number of benzene rings is 1. The fraction of sp³-hybridized carbons (Fsp3) is 0.500. The highest BCUT2D eigenvalue weighted by Gasteiger charge is 2.43. The molecule has 1 aliphatic carbocycles. The molecular weight excluding hydrogens is 398 g/mol. The Balaban J connectivity index is 1.80. The number of urea groups is 1. The first-order valence-corrected chi connectivity index (χ1v) is 10.6. The van der Waals surface area contributed by atoms with Crippen molar-refractivity contribution in [1.82, 2.24) is 20.4 Å². The van der Waals surface area contributed by atoms with Crippen molar-refractivity contribution in [3.05, 3.63) is 42.5 Å². The van der Waals surface area contributed by atoms with Crippen LogP contribution in [-0.4, -0.2) is 72.6 Å². The minimum atomic E-state index is -1.03. The molecule has 1 saturated heterocycles. The monoisotopic (exact) mass is 429 g/mol. The minimum Gasteiger partial charge on any atom is -0.497 e. The number of ether oxygens (including phenoxy) is 1. The highest BCUT2D eigenvalue weighted by Crippen LogP contribution is 2.23. The molecule has 0 radical (unpaired) electrons. The van der Waals surface area contributed by atoms with Crippen molar-refractivity contribution in [2.75, 3.05) is 26.7 Å². The van der Waals surface area contributed by atoms with Gasteiger partial charge in [-0.05, 0) is 43.9 Å². The van der Waals surface area contributed by atoms with Gasteiger partial charge in [0.15, 0.2) is 6.17 Å². The van der Waals surface area contributed by atoms with Crippen LogP contribution in [0.5, 0.6) is 5.75 Å². The Morgan fingerprint density at radius 1 is 1.19 bits per heavy atom. The summed E-state index contributed by atoms with van der Waals surface area (Å²) in [7, 11) is 1.53. The Bertz CT molecular complexity index is 822. The zero-order valence-electron chi connectivity index (χ0n) is 17.9. The number of carbonyl (C=O) groups is 3. The average molecular weight is 430 g/mol. The lowest BCUT2D eigenvalue weighted by Gasteiger charge is -2.32. The molecule has 1 aliphatic heterocycles. The van der Waals surface area contributed by atoms with E-state index in [0.29, 0.717) is 11.3 Å². The first kappa shape index (κ1) is 22.6. The van der Waals surface area contributed by atoms with Crippen LogP contribution >= 0.6 is 0 Å². The van der Waals surface area contributed by atoms with E-state index in [1.54, 1.807) is 30.3 Å². The third-order valence-electron chi connectivity index (χ3n) is 5.76. The molecule has 1 heterocycles. The smallest absolute Gasteiger partial charge is 0.319 e. The molecule has 1 atom stereocenters. The number of nitrogens with one attached hydrogen (secondary N) is 2. The summed E-state index contributed by atoms with van der Waals surface area (Å²) in [5, 5.41) is 5.73. The van der Waals surface area contributed by atoms with Gasteiger partial charge in [-0.2, -0.15) is 0 Å². The van der Waals surface area contributed by atoms with Crippen molar-refractivity contribution in [2.45, 2.75) is 43.9 Å². The van der Waals surface area contributed by atoms with Crippen molar-refractivity contribution < 1.29 is 19.1 Å². The first-order valence-electron chi connectivity index (χ1n) is 10.6. The Morgan fingerprint density at radius 2 is 1.90 bits per heavy atom. The third-order valence-corrected chi connectivity index (χ3v) is 5.76. The van der Waals surface area contributed by atoms with Gasteiger partial charge < -0.3 is 26.0 Å². The Kier molecular flexibility index (Phi) is 7.51. The van der Waals surface area contributed by atoms with Gasteiger partial charge in [-0.15, -0.1) is 6.58 Å². The molecule has 9 heteroatoms. The molecule has 0 bridgehead atoms. The van der Waals surface area contributed by atoms with Crippen LogP contribution in [0.1, 0.15) is 36.0 Å². The van der Waals surface area contributed by atoms with E-state index < -0.39 is 12.2 Å². The largest absolute Gasteiger partial charge is 0.497 e. The Hall–Kier alpha value is -3.07. The van der Waals surface area contributed by atoms with Gasteiger partial charge in [0, 0.05) is 37.3 Å². The lowest BCUT2D eigenvalue weighted by Crippen LogP contribution is -2.57. The van der Waals surface area contributed by atoms with E-state index in [9.17, 15) is 14.4 Å². The molecule has 0 aromatic heterocycles. The van der Waals surface area contributed by atoms with E-state index in [-0.39, 0.29) is 43.5 Å². The molecule has 31 heavy (non-hydrogen) atoms. The van der Waals surface area contributed by atoms with Gasteiger partial charge in [-0.3, -0.25) is 14.5 Å². The summed E-state index contributed by atoms with van der Waals surface area (Å²) in [6, 6.07) is 6.49. The molecule has 9 nitrogen and oxygen atoms in total. The minimum absolute atomic E-state index is 0.0141. The van der Waals surface area contributed by atoms with E-state index in [2.05, 4.69) is 17.2 Å². The number of methoxy groups -OCH3 is 1. The van der Waals surface area contributed by atoms with E-state index >= 15 is 0 Å². The maximum Gasteiger partial charge on any atom is 0.319 e. The van der Waals surface area contributed by atoms with Crippen molar-refractivity contribution in [2.24, 2.45) is 5.73 Å². The van der Waals surface area contributed by atoms with Crippen LogP contribution in [0, 0.1) is 0 Å². The zero-order valence-corrected chi connectivity index (χ0v) is 17.9. The molecule has 1 unspecified atom stereocenters. The molecule has 1 aromatic rings. The quantitative estimate of drug-likeness (QED) is 0.585. The number of nitrogens with two attached hydrogens (primary N) is 1. The number of nitrogens with zero attached hydrogens (tertiary/aromatic N) is 2. The average Bonchev–Trinajstić information content (AvgIpc) is 3.24. The topological polar surface area (TPSA) is 117 Å². The molecule has 1 aromatic carbocycles. The Labute approximate surface area is 182 Å². The van der Waals surface area contributed by atoms with E-state index in [0.717, 1.165) is 25.7 Å². The van der Waals surface area contributed by atoms with Crippen molar-refractivity contribution in [1.29, 1.82) is 0 Å². The van der Waals surface area contributed by atoms with Gasteiger partial charge in [-0.25, -0.2) is 4.79 Å². The van der Waals surface area contributed by atoms with Gasteiger partial charge in [0.1, 0.15) is 5.75 Å². The first-order chi connectivity index (χ1) is 14.9. The fourth-order valence-corrected chi connectivity index (χ4v) is 4.06. The van der Waals surface area contributed by atoms with Gasteiger partial charge in [0.2, 0.25) is 0 Å². The third kappa shape index (κ3) is 5.35. The van der Waals surface area contributed by atoms with Gasteiger partial charge in [0.25, 0.3) is 11.8 Å². The Morgan fingerprint density at radius 3 is 2.58 bits per heavy atom. The van der Waals surface area contributed by atoms with Gasteiger partial charge in [0.05, 0.1) is 7.11 Å². The van der Waals surface area contributed by atoms with Crippen LogP contribution in [0.15, 0.2) is 36.9 Å². The van der Waals surface area contributed by atoms with Gasteiger partial charge in [-0.1, -0.05) is 12.1 Å². The summed E-state index contributed by atoms with van der Waals surface area (Å²) in [5.41, 5.74) is 6.36. The summed E-state index contributed by atoms with van der Waals surface area (Å²) in [4.78, 5) is 42.0. The van der Waals surface area contributed by atoms with Crippen molar-refractivity contribution in [3.8, 4) is 5.75 Å². The lowest BCUT2D eigenvalue weighted by atomic mass is 9.92. The molecule has 168 valence electrons. The highest BCUT2D eigenvalue weighted by molar-refractivity contribution is 5.99. The standard InChI is InChI=1S/C22H31N5O4/c1-3-11-24-22(30)27-13-12-26(21(29)15-5-4-6-18(14-15)31-2)20(27)19(28)25-17-9-7-16(23)8-10-17/h3-6,14,16-17,20H,1,7-13,23H2,2H3,(H,24,30)(H,25,28). The van der Waals surface area contributed by atoms with Crippen LogP contribution in [0.25, 0.3) is 0 Å². The van der Waals surface area contributed by atoms with Crippen LogP contribution in [0.4, 0.5) is 4.79 Å². The van der Waals surface area contributed by atoms with Crippen molar-refractivity contribution in [3.63, 3.8) is 0 Å². The van der Waals surface area contributed by atoms with Crippen molar-refractivity contribution >= 4 is 17.8 Å². The van der Waals surface area contributed by atoms with Crippen LogP contribution in [-0.2, 0) is 4.79 Å². The van der Waals surface area contributed by atoms with Crippen LogP contribution < -0.4 is 21.1 Å². The molecule has 0 spiro atoms. The number of amides is 4. The maximum atomic E-state index is 13.3. The molecule has 4 amide bonds. The maximum absolute atomic E-state index is 13.3. The number of hydrogen-bond donors (Lipinski definition) is 3. The number of carbonyl (C=O) groups excluding carboxylic acids is 3. The molecule has 3 rings (SSSR count). The molecule has 2 aliphatic rings. The highest BCUT2D eigenvalue weighted by atomic mass is 16.5. The second-order valence-corrected chi connectivity index (χ2v) is 7.89. The predicted molar refractivity (Wildman–Crippen MR) is 116 cm³/mol. The predicted octanol–water partition coefficient (Wildman–Crippen LogP) is 1.06. The second kappa shape index (κ2) is 10.3. The fourth-order valence-electron chi connectivity index (χ4n) is 4.06. The summed E-state index contributed by atoms with van der Waals surface area (Å²) in [5.74, 6) is -0.142. The second-order valence-electron chi connectivity index (χ2n) is 7.89. The number of rotatable bonds is 6. The van der Waals surface area contributed by atoms with E-state index in [1.165, 1.54) is 16.9 Å². The summed E-state index contributed by atoms with van der Waals surface area (Å²) >= 11 is 0. The number of hydrogen-bond acceptors (Lipinski definition) is 5. The van der Waals surface area contributed by atoms with E-state index in [4.69, 9.17) is 10.5 Å². The molecular formula is C22H31N5O4. The SMILES string of the molecule is C=CCNC(=O)N1CCN(C(=O)c2cccc(OC)c2)C1C(=O)NC1CCC(N)CC1. The summed E-state index contributed by atoms with van der Waals surface area (Å²) < 4.78 is 5.21. The molecule has 1 saturated carbocycles. The van der Waals surface area contributed by atoms with E-state index in [1.807, 2.05) is 0 Å².